The molecule has 1 aliphatic rings. The van der Waals surface area contributed by atoms with Crippen molar-refractivity contribution in [3.05, 3.63) is 29.7 Å². The molecule has 4 rings (SSSR count). The number of nitrogens with zero attached hydrogens (tertiary/aromatic N) is 6. The van der Waals surface area contributed by atoms with Gasteiger partial charge < -0.3 is 15.3 Å². The van der Waals surface area contributed by atoms with Crippen LogP contribution in [0, 0.1) is 12.8 Å². The summed E-state index contributed by atoms with van der Waals surface area (Å²) in [7, 11) is 0. The van der Waals surface area contributed by atoms with Gasteiger partial charge in [-0.2, -0.15) is 9.61 Å². The molecule has 8 heteroatoms. The number of hydrogen-bond acceptors (Lipinski definition) is 7. The third-order valence-electron chi connectivity index (χ3n) is 5.41. The maximum absolute atomic E-state index is 10.2. The van der Waals surface area contributed by atoms with Crippen molar-refractivity contribution in [3.8, 4) is 11.4 Å². The summed E-state index contributed by atoms with van der Waals surface area (Å²) >= 11 is 0. The number of rotatable bonds is 7. The molecule has 1 fully saturated rings. The molecule has 0 saturated carbocycles. The molecule has 3 aromatic heterocycles. The van der Waals surface area contributed by atoms with Gasteiger partial charge in [-0.15, -0.1) is 0 Å². The molecule has 0 spiro atoms. The molecule has 4 heterocycles. The van der Waals surface area contributed by atoms with Crippen LogP contribution in [-0.2, 0) is 6.42 Å². The molecule has 0 bridgehead atoms. The summed E-state index contributed by atoms with van der Waals surface area (Å²) in [4.78, 5) is 16.6. The van der Waals surface area contributed by atoms with Crippen LogP contribution in [0.5, 0.6) is 0 Å². The fourth-order valence-electron chi connectivity index (χ4n) is 3.86. The Labute approximate surface area is 183 Å². The lowest BCUT2D eigenvalue weighted by atomic mass is 10.1. The van der Waals surface area contributed by atoms with E-state index in [9.17, 15) is 5.11 Å². The molecule has 0 radical (unpaired) electrons. The Balaban J connectivity index is 1.78. The van der Waals surface area contributed by atoms with E-state index in [-0.39, 0.29) is 0 Å². The number of nitrogens with one attached hydrogen (secondary N) is 1. The molecule has 166 valence electrons. The van der Waals surface area contributed by atoms with Crippen molar-refractivity contribution in [1.82, 2.24) is 24.6 Å². The molecular formula is C23H33N7O. The second kappa shape index (κ2) is 8.42. The van der Waals surface area contributed by atoms with Crippen LogP contribution in [0.1, 0.15) is 51.9 Å². The van der Waals surface area contributed by atoms with Gasteiger partial charge in [0.2, 0.25) is 0 Å². The molecule has 31 heavy (non-hydrogen) atoms. The van der Waals surface area contributed by atoms with E-state index >= 15 is 0 Å². The number of anilines is 2. The zero-order valence-electron chi connectivity index (χ0n) is 19.2. The van der Waals surface area contributed by atoms with Gasteiger partial charge in [-0.25, -0.2) is 9.97 Å². The molecule has 0 unspecified atom stereocenters. The van der Waals surface area contributed by atoms with Crippen LogP contribution in [0.3, 0.4) is 0 Å². The van der Waals surface area contributed by atoms with Crippen LogP contribution in [0.15, 0.2) is 18.3 Å². The zero-order valence-corrected chi connectivity index (χ0v) is 19.2. The van der Waals surface area contributed by atoms with Crippen LogP contribution >= 0.6 is 0 Å². The summed E-state index contributed by atoms with van der Waals surface area (Å²) in [5, 5.41) is 18.4. The zero-order chi connectivity index (χ0) is 22.2. The molecule has 0 amide bonds. The van der Waals surface area contributed by atoms with Crippen LogP contribution in [0.4, 0.5) is 11.6 Å². The van der Waals surface area contributed by atoms with Crippen LogP contribution in [0.2, 0.25) is 0 Å². The van der Waals surface area contributed by atoms with Crippen molar-refractivity contribution >= 4 is 17.3 Å². The van der Waals surface area contributed by atoms with E-state index in [2.05, 4.69) is 29.0 Å². The van der Waals surface area contributed by atoms with E-state index in [1.165, 1.54) is 12.8 Å². The highest BCUT2D eigenvalue weighted by Gasteiger charge is 2.20. The molecule has 3 aromatic rings. The Morgan fingerprint density at radius 2 is 1.90 bits per heavy atom. The lowest BCUT2D eigenvalue weighted by molar-refractivity contribution is 0.0944. The SMILES string of the molecule is Cc1ncc(CC(C)C)nc1-c1cc2nc(N3CCCC3)cc(NCC(C)(C)O)n2n1. The normalized spacial score (nSPS) is 14.7. The Hall–Kier alpha value is -2.74. The molecule has 0 aromatic carbocycles. The second-order valence-electron chi connectivity index (χ2n) is 9.55. The summed E-state index contributed by atoms with van der Waals surface area (Å²) < 4.78 is 1.80. The van der Waals surface area contributed by atoms with Gasteiger partial charge in [0.05, 0.1) is 17.0 Å². The topological polar surface area (TPSA) is 91.5 Å². The highest BCUT2D eigenvalue weighted by atomic mass is 16.3. The predicted octanol–water partition coefficient (Wildman–Crippen LogP) is 3.48. The Kier molecular flexibility index (Phi) is 5.83. The smallest absolute Gasteiger partial charge is 0.160 e. The Morgan fingerprint density at radius 3 is 2.58 bits per heavy atom. The van der Waals surface area contributed by atoms with Gasteiger partial charge in [0.25, 0.3) is 0 Å². The van der Waals surface area contributed by atoms with Gasteiger partial charge in [0.15, 0.2) is 5.65 Å². The highest BCUT2D eigenvalue weighted by Crippen LogP contribution is 2.27. The van der Waals surface area contributed by atoms with Gasteiger partial charge >= 0.3 is 0 Å². The van der Waals surface area contributed by atoms with Crippen molar-refractivity contribution in [2.24, 2.45) is 5.92 Å². The highest BCUT2D eigenvalue weighted by molar-refractivity contribution is 5.67. The van der Waals surface area contributed by atoms with E-state index in [1.807, 2.05) is 25.3 Å². The predicted molar refractivity (Wildman–Crippen MR) is 124 cm³/mol. The van der Waals surface area contributed by atoms with Crippen molar-refractivity contribution in [1.29, 1.82) is 0 Å². The van der Waals surface area contributed by atoms with E-state index in [1.54, 1.807) is 18.4 Å². The number of hydrogen-bond donors (Lipinski definition) is 2. The van der Waals surface area contributed by atoms with Gasteiger partial charge in [-0.3, -0.25) is 4.98 Å². The summed E-state index contributed by atoms with van der Waals surface area (Å²) in [6, 6.07) is 4.00. The largest absolute Gasteiger partial charge is 0.389 e. The Morgan fingerprint density at radius 1 is 1.16 bits per heavy atom. The monoisotopic (exact) mass is 423 g/mol. The van der Waals surface area contributed by atoms with E-state index in [0.717, 1.165) is 59.6 Å². The number of aliphatic hydroxyl groups is 1. The average Bonchev–Trinajstić information content (AvgIpc) is 3.36. The maximum atomic E-state index is 10.2. The molecule has 1 saturated heterocycles. The van der Waals surface area contributed by atoms with Crippen molar-refractivity contribution in [3.63, 3.8) is 0 Å². The van der Waals surface area contributed by atoms with Crippen LogP contribution in [-0.4, -0.2) is 54.9 Å². The van der Waals surface area contributed by atoms with E-state index in [0.29, 0.717) is 12.5 Å². The van der Waals surface area contributed by atoms with Gasteiger partial charge in [-0.1, -0.05) is 13.8 Å². The minimum Gasteiger partial charge on any atom is -0.389 e. The van der Waals surface area contributed by atoms with E-state index < -0.39 is 5.60 Å². The fraction of sp³-hybridized carbons (Fsp3) is 0.565. The molecular weight excluding hydrogens is 390 g/mol. The average molecular weight is 424 g/mol. The van der Waals surface area contributed by atoms with Crippen molar-refractivity contribution < 1.29 is 5.11 Å². The second-order valence-corrected chi connectivity index (χ2v) is 9.55. The molecule has 0 atom stereocenters. The third-order valence-corrected chi connectivity index (χ3v) is 5.41. The summed E-state index contributed by atoms with van der Waals surface area (Å²) in [6.45, 7) is 12.3. The summed E-state index contributed by atoms with van der Waals surface area (Å²) in [5.74, 6) is 2.25. The lowest BCUT2D eigenvalue weighted by Crippen LogP contribution is -2.30. The minimum atomic E-state index is -0.841. The first-order valence-corrected chi connectivity index (χ1v) is 11.1. The molecule has 0 aliphatic carbocycles. The first kappa shape index (κ1) is 21.5. The Bertz CT molecular complexity index is 1060. The van der Waals surface area contributed by atoms with Crippen molar-refractivity contribution in [2.75, 3.05) is 29.9 Å². The first-order chi connectivity index (χ1) is 14.7. The molecule has 2 N–H and O–H groups in total. The van der Waals surface area contributed by atoms with Gasteiger partial charge in [-0.05, 0) is 46.0 Å². The maximum Gasteiger partial charge on any atom is 0.160 e. The fourth-order valence-corrected chi connectivity index (χ4v) is 3.86. The summed E-state index contributed by atoms with van der Waals surface area (Å²) in [5.41, 5.74) is 3.29. The van der Waals surface area contributed by atoms with E-state index in [4.69, 9.17) is 15.1 Å². The quantitative estimate of drug-likeness (QED) is 0.601. The van der Waals surface area contributed by atoms with Gasteiger partial charge in [0, 0.05) is 38.0 Å². The standard InChI is InChI=1S/C23H33N7O/c1-15(2)10-17-13-24-16(3)22(26-17)18-11-21-27-20(29-8-6-7-9-29)12-19(30(21)28-18)25-14-23(4,5)31/h11-13,15,25,31H,6-10,14H2,1-5H3. The number of fused-ring (bicyclic) bond motifs is 1. The van der Waals surface area contributed by atoms with Crippen LogP contribution in [0.25, 0.3) is 17.0 Å². The third kappa shape index (κ3) is 4.95. The van der Waals surface area contributed by atoms with Crippen LogP contribution < -0.4 is 10.2 Å². The first-order valence-electron chi connectivity index (χ1n) is 11.1. The molecule has 8 nitrogen and oxygen atoms in total. The van der Waals surface area contributed by atoms with Crippen molar-refractivity contribution in [2.45, 2.75) is 59.5 Å². The minimum absolute atomic E-state index is 0.406. The molecule has 1 aliphatic heterocycles. The lowest BCUT2D eigenvalue weighted by Gasteiger charge is -2.21. The van der Waals surface area contributed by atoms with Gasteiger partial charge in [0.1, 0.15) is 23.0 Å². The number of aryl methyl sites for hydroxylation is 1. The number of aromatic nitrogens is 5. The summed E-state index contributed by atoms with van der Waals surface area (Å²) in [6.07, 6.45) is 5.10.